The van der Waals surface area contributed by atoms with Gasteiger partial charge in [0.05, 0.1) is 0 Å². The van der Waals surface area contributed by atoms with Gasteiger partial charge in [0.1, 0.15) is 5.82 Å². The molecule has 2 aromatic rings. The van der Waals surface area contributed by atoms with Gasteiger partial charge in [-0.25, -0.2) is 4.39 Å². The smallest absolute Gasteiger partial charge is 0.247 e. The van der Waals surface area contributed by atoms with E-state index in [-0.39, 0.29) is 11.7 Å². The second kappa shape index (κ2) is 10.3. The summed E-state index contributed by atoms with van der Waals surface area (Å²) in [4.78, 5) is 12.7. The lowest BCUT2D eigenvalue weighted by Crippen LogP contribution is -2.33. The average molecular weight is 463 g/mol. The fourth-order valence-corrected chi connectivity index (χ4v) is 5.73. The SMILES string of the molecule is C/C(=C\c1c(C)c(C)c(-c2ccc(NC3CCCC3)cc2F)c(C)c1C)C(=O)NC1CCCC1. The first-order chi connectivity index (χ1) is 16.3. The minimum atomic E-state index is -0.191. The third kappa shape index (κ3) is 5.06. The first-order valence-corrected chi connectivity index (χ1v) is 12.9. The fourth-order valence-electron chi connectivity index (χ4n) is 5.73. The van der Waals surface area contributed by atoms with Crippen LogP contribution in [-0.4, -0.2) is 18.0 Å². The standard InChI is InChI=1S/C30H39FN2O/c1-18(30(34)33-24-12-8-9-13-24)16-27-19(2)21(4)29(22(5)20(27)3)26-15-14-25(17-28(26)31)32-23-10-6-7-11-23/h14-17,23-24,32H,6-13H2,1-5H3,(H,33,34)/b18-16+. The molecule has 0 unspecified atom stereocenters. The van der Waals surface area contributed by atoms with Crippen LogP contribution >= 0.6 is 0 Å². The van der Waals surface area contributed by atoms with Crippen LogP contribution in [-0.2, 0) is 4.79 Å². The lowest BCUT2D eigenvalue weighted by atomic mass is 9.85. The van der Waals surface area contributed by atoms with Gasteiger partial charge in [-0.1, -0.05) is 25.7 Å². The van der Waals surface area contributed by atoms with E-state index in [9.17, 15) is 4.79 Å². The normalized spacial score (nSPS) is 17.4. The molecule has 0 atom stereocenters. The Balaban J connectivity index is 1.63. The predicted molar refractivity (Wildman–Crippen MR) is 141 cm³/mol. The largest absolute Gasteiger partial charge is 0.382 e. The Labute approximate surface area is 204 Å². The highest BCUT2D eigenvalue weighted by atomic mass is 19.1. The van der Waals surface area contributed by atoms with Gasteiger partial charge in [0.2, 0.25) is 5.91 Å². The summed E-state index contributed by atoms with van der Waals surface area (Å²) >= 11 is 0. The second-order valence-electron chi connectivity index (χ2n) is 10.4. The highest BCUT2D eigenvalue weighted by Gasteiger charge is 2.21. The summed E-state index contributed by atoms with van der Waals surface area (Å²) < 4.78 is 15.3. The van der Waals surface area contributed by atoms with Crippen LogP contribution in [0.2, 0.25) is 0 Å². The van der Waals surface area contributed by atoms with Crippen molar-refractivity contribution in [3.63, 3.8) is 0 Å². The van der Waals surface area contributed by atoms with E-state index in [1.807, 2.05) is 25.1 Å². The Morgan fingerprint density at radius 1 is 0.882 bits per heavy atom. The van der Waals surface area contributed by atoms with Gasteiger partial charge < -0.3 is 10.6 Å². The molecular formula is C30H39FN2O. The molecule has 2 fully saturated rings. The van der Waals surface area contributed by atoms with E-state index in [1.165, 1.54) is 25.7 Å². The maximum atomic E-state index is 15.3. The quantitative estimate of drug-likeness (QED) is 0.435. The zero-order chi connectivity index (χ0) is 24.4. The zero-order valence-electron chi connectivity index (χ0n) is 21.4. The van der Waals surface area contributed by atoms with Crippen LogP contribution < -0.4 is 10.6 Å². The van der Waals surface area contributed by atoms with Crippen LogP contribution in [0.4, 0.5) is 10.1 Å². The van der Waals surface area contributed by atoms with Crippen molar-refractivity contribution in [2.24, 2.45) is 0 Å². The highest BCUT2D eigenvalue weighted by molar-refractivity contribution is 5.98. The topological polar surface area (TPSA) is 41.1 Å². The Morgan fingerprint density at radius 3 is 2.00 bits per heavy atom. The number of hydrogen-bond donors (Lipinski definition) is 2. The summed E-state index contributed by atoms with van der Waals surface area (Å²) in [7, 11) is 0. The van der Waals surface area contributed by atoms with Gasteiger partial charge in [-0.2, -0.15) is 0 Å². The molecule has 0 aromatic heterocycles. The molecule has 0 radical (unpaired) electrons. The molecule has 34 heavy (non-hydrogen) atoms. The summed E-state index contributed by atoms with van der Waals surface area (Å²) in [5.41, 5.74) is 8.57. The van der Waals surface area contributed by atoms with Crippen LogP contribution in [0, 0.1) is 33.5 Å². The summed E-state index contributed by atoms with van der Waals surface area (Å²) in [5, 5.41) is 6.67. The molecule has 0 bridgehead atoms. The number of benzene rings is 2. The van der Waals surface area contributed by atoms with E-state index >= 15 is 4.39 Å². The summed E-state index contributed by atoms with van der Waals surface area (Å²) in [6.07, 6.45) is 11.4. The zero-order valence-corrected chi connectivity index (χ0v) is 21.4. The van der Waals surface area contributed by atoms with Crippen molar-refractivity contribution in [1.29, 1.82) is 0 Å². The lowest BCUT2D eigenvalue weighted by Gasteiger charge is -2.21. The number of carbonyl (C=O) groups excluding carboxylic acids is 1. The molecule has 2 aromatic carbocycles. The molecule has 0 heterocycles. The molecule has 1 amide bonds. The van der Waals surface area contributed by atoms with Crippen LogP contribution in [0.3, 0.4) is 0 Å². The van der Waals surface area contributed by atoms with Crippen molar-refractivity contribution in [1.82, 2.24) is 5.32 Å². The summed E-state index contributed by atoms with van der Waals surface area (Å²) in [6.45, 7) is 10.2. The third-order valence-electron chi connectivity index (χ3n) is 8.06. The molecule has 182 valence electrons. The van der Waals surface area contributed by atoms with Gasteiger partial charge in [-0.15, -0.1) is 0 Å². The minimum absolute atomic E-state index is 0.0153. The van der Waals surface area contributed by atoms with Crippen LogP contribution in [0.5, 0.6) is 0 Å². The van der Waals surface area contributed by atoms with E-state index in [0.717, 1.165) is 70.3 Å². The van der Waals surface area contributed by atoms with E-state index < -0.39 is 0 Å². The van der Waals surface area contributed by atoms with E-state index in [1.54, 1.807) is 6.07 Å². The number of hydrogen-bond acceptors (Lipinski definition) is 2. The van der Waals surface area contributed by atoms with E-state index in [4.69, 9.17) is 0 Å². The summed E-state index contributed by atoms with van der Waals surface area (Å²) in [5.74, 6) is -0.176. The van der Waals surface area contributed by atoms with Gasteiger partial charge >= 0.3 is 0 Å². The average Bonchev–Trinajstić information content (AvgIpc) is 3.51. The Hall–Kier alpha value is -2.62. The van der Waals surface area contributed by atoms with Crippen molar-refractivity contribution in [3.05, 3.63) is 57.4 Å². The maximum absolute atomic E-state index is 15.3. The van der Waals surface area contributed by atoms with E-state index in [2.05, 4.69) is 38.3 Å². The molecule has 2 saturated carbocycles. The number of rotatable bonds is 6. The molecule has 0 aliphatic heterocycles. The van der Waals surface area contributed by atoms with Crippen molar-refractivity contribution < 1.29 is 9.18 Å². The van der Waals surface area contributed by atoms with Crippen LogP contribution in [0.1, 0.15) is 86.1 Å². The van der Waals surface area contributed by atoms with Gasteiger partial charge in [-0.3, -0.25) is 4.79 Å². The highest BCUT2D eigenvalue weighted by Crippen LogP contribution is 2.37. The Morgan fingerprint density at radius 2 is 1.44 bits per heavy atom. The number of anilines is 1. The Kier molecular flexibility index (Phi) is 7.45. The molecule has 4 heteroatoms. The number of carbonyl (C=O) groups is 1. The number of nitrogens with one attached hydrogen (secondary N) is 2. The van der Waals surface area contributed by atoms with Crippen molar-refractivity contribution in [3.8, 4) is 11.1 Å². The van der Waals surface area contributed by atoms with Crippen LogP contribution in [0.25, 0.3) is 17.2 Å². The predicted octanol–water partition coefficient (Wildman–Crippen LogP) is 7.54. The molecule has 3 nitrogen and oxygen atoms in total. The maximum Gasteiger partial charge on any atom is 0.247 e. The van der Waals surface area contributed by atoms with Crippen molar-refractivity contribution in [2.75, 3.05) is 5.32 Å². The monoisotopic (exact) mass is 462 g/mol. The second-order valence-corrected chi connectivity index (χ2v) is 10.4. The number of amides is 1. The molecular weight excluding hydrogens is 423 g/mol. The lowest BCUT2D eigenvalue weighted by molar-refractivity contribution is -0.118. The van der Waals surface area contributed by atoms with Gasteiger partial charge in [0.15, 0.2) is 0 Å². The molecule has 0 saturated heterocycles. The molecule has 2 N–H and O–H groups in total. The minimum Gasteiger partial charge on any atom is -0.382 e. The number of halogens is 1. The molecule has 4 rings (SSSR count). The van der Waals surface area contributed by atoms with Gasteiger partial charge in [0, 0.05) is 28.9 Å². The molecule has 2 aliphatic carbocycles. The first-order valence-electron chi connectivity index (χ1n) is 12.9. The fraction of sp³-hybridized carbons (Fsp3) is 0.500. The van der Waals surface area contributed by atoms with Gasteiger partial charge in [-0.05, 0) is 118 Å². The van der Waals surface area contributed by atoms with Gasteiger partial charge in [0.25, 0.3) is 0 Å². The first kappa shape index (κ1) is 24.5. The van der Waals surface area contributed by atoms with E-state index in [0.29, 0.717) is 17.6 Å². The van der Waals surface area contributed by atoms with Crippen molar-refractivity contribution >= 4 is 17.7 Å². The third-order valence-corrected chi connectivity index (χ3v) is 8.06. The Bertz CT molecular complexity index is 1080. The molecule has 0 spiro atoms. The summed E-state index contributed by atoms with van der Waals surface area (Å²) in [6, 6.07) is 6.32. The van der Waals surface area contributed by atoms with Crippen molar-refractivity contribution in [2.45, 2.75) is 98.1 Å². The molecule has 2 aliphatic rings. The van der Waals surface area contributed by atoms with Crippen LogP contribution in [0.15, 0.2) is 23.8 Å².